The second kappa shape index (κ2) is 5.54. The van der Waals surface area contributed by atoms with E-state index in [1.807, 2.05) is 6.92 Å². The van der Waals surface area contributed by atoms with E-state index in [9.17, 15) is 14.5 Å². The molecule has 4 N–H and O–H groups in total. The van der Waals surface area contributed by atoms with Gasteiger partial charge in [-0.2, -0.15) is 0 Å². The largest absolute Gasteiger partial charge is 0.353 e. The lowest BCUT2D eigenvalue weighted by molar-refractivity contribution is -0.384. The van der Waals surface area contributed by atoms with Gasteiger partial charge in [0.1, 0.15) is 5.82 Å². The van der Waals surface area contributed by atoms with E-state index in [4.69, 9.17) is 5.84 Å². The summed E-state index contributed by atoms with van der Waals surface area (Å²) in [7, 11) is 0. The van der Waals surface area contributed by atoms with E-state index in [1.165, 1.54) is 18.2 Å². The first kappa shape index (κ1) is 13.8. The number of nitrogens with zero attached hydrogens (tertiary/aromatic N) is 1. The van der Waals surface area contributed by atoms with Crippen molar-refractivity contribution in [1.29, 1.82) is 0 Å². The molecule has 0 aliphatic carbocycles. The predicted octanol–water partition coefficient (Wildman–Crippen LogP) is 3.07. The third-order valence-electron chi connectivity index (χ3n) is 2.70. The summed E-state index contributed by atoms with van der Waals surface area (Å²) in [5.74, 6) is 4.82. The van der Waals surface area contributed by atoms with Crippen molar-refractivity contribution in [2.75, 3.05) is 10.7 Å². The van der Waals surface area contributed by atoms with Gasteiger partial charge in [0, 0.05) is 17.8 Å². The summed E-state index contributed by atoms with van der Waals surface area (Å²) in [5, 5.41) is 13.6. The van der Waals surface area contributed by atoms with E-state index in [0.29, 0.717) is 11.4 Å². The number of benzene rings is 2. The van der Waals surface area contributed by atoms with E-state index < -0.39 is 10.7 Å². The first-order valence-electron chi connectivity index (χ1n) is 5.79. The van der Waals surface area contributed by atoms with Crippen LogP contribution in [0.4, 0.5) is 27.1 Å². The highest BCUT2D eigenvalue weighted by atomic mass is 19.1. The monoisotopic (exact) mass is 276 g/mol. The molecule has 0 radical (unpaired) electrons. The number of hydrogen-bond acceptors (Lipinski definition) is 5. The van der Waals surface area contributed by atoms with Crippen molar-refractivity contribution >= 4 is 22.7 Å². The fourth-order valence-corrected chi connectivity index (χ4v) is 1.76. The molecule has 0 aliphatic rings. The molecule has 0 saturated heterocycles. The fraction of sp³-hybridized carbons (Fsp3) is 0.0769. The Morgan fingerprint density at radius 2 is 1.90 bits per heavy atom. The molecule has 7 heteroatoms. The Kier molecular flexibility index (Phi) is 3.81. The van der Waals surface area contributed by atoms with Crippen LogP contribution in [0.3, 0.4) is 0 Å². The van der Waals surface area contributed by atoms with Crippen LogP contribution in [0.5, 0.6) is 0 Å². The van der Waals surface area contributed by atoms with Gasteiger partial charge in [-0.1, -0.05) is 6.07 Å². The maximum Gasteiger partial charge on any atom is 0.273 e. The van der Waals surface area contributed by atoms with Crippen molar-refractivity contribution in [2.45, 2.75) is 6.92 Å². The summed E-state index contributed by atoms with van der Waals surface area (Å²) in [4.78, 5) is 10.3. The number of non-ortho nitro benzene ring substituents is 1. The van der Waals surface area contributed by atoms with Crippen LogP contribution in [-0.4, -0.2) is 4.92 Å². The van der Waals surface area contributed by atoms with Gasteiger partial charge in [0.15, 0.2) is 0 Å². The Labute approximate surface area is 114 Å². The van der Waals surface area contributed by atoms with Gasteiger partial charge in [-0.05, 0) is 30.7 Å². The Balaban J connectivity index is 2.39. The second-order valence-electron chi connectivity index (χ2n) is 4.28. The van der Waals surface area contributed by atoms with Crippen molar-refractivity contribution in [3.63, 3.8) is 0 Å². The van der Waals surface area contributed by atoms with Gasteiger partial charge in [-0.3, -0.25) is 16.0 Å². The zero-order chi connectivity index (χ0) is 14.7. The topological polar surface area (TPSA) is 93.2 Å². The number of nitro benzene ring substituents is 1. The summed E-state index contributed by atoms with van der Waals surface area (Å²) in [5.41, 5.74) is 4.04. The number of rotatable bonds is 4. The van der Waals surface area contributed by atoms with E-state index in [2.05, 4.69) is 10.7 Å². The Morgan fingerprint density at radius 3 is 2.55 bits per heavy atom. The minimum atomic E-state index is -0.543. The van der Waals surface area contributed by atoms with Crippen LogP contribution in [0, 0.1) is 22.9 Å². The van der Waals surface area contributed by atoms with Crippen LogP contribution in [0.15, 0.2) is 36.4 Å². The van der Waals surface area contributed by atoms with Crippen molar-refractivity contribution in [3.05, 3.63) is 57.9 Å². The number of aryl methyl sites for hydroxylation is 1. The molecule has 0 aromatic heterocycles. The molecule has 20 heavy (non-hydrogen) atoms. The molecule has 0 atom stereocenters. The zero-order valence-electron chi connectivity index (χ0n) is 10.7. The van der Waals surface area contributed by atoms with Crippen LogP contribution in [0.1, 0.15) is 5.56 Å². The van der Waals surface area contributed by atoms with Gasteiger partial charge < -0.3 is 10.7 Å². The highest BCUT2D eigenvalue weighted by Gasteiger charge is 2.11. The average Bonchev–Trinajstić information content (AvgIpc) is 2.42. The van der Waals surface area contributed by atoms with Crippen molar-refractivity contribution in [2.24, 2.45) is 5.84 Å². The smallest absolute Gasteiger partial charge is 0.273 e. The average molecular weight is 276 g/mol. The molecule has 0 aliphatic heterocycles. The number of anilines is 3. The zero-order valence-corrected chi connectivity index (χ0v) is 10.7. The van der Waals surface area contributed by atoms with E-state index in [-0.39, 0.29) is 11.4 Å². The van der Waals surface area contributed by atoms with Gasteiger partial charge >= 0.3 is 0 Å². The molecule has 0 amide bonds. The summed E-state index contributed by atoms with van der Waals surface area (Å²) in [6.07, 6.45) is 0. The normalized spacial score (nSPS) is 10.2. The molecule has 0 saturated carbocycles. The van der Waals surface area contributed by atoms with Crippen LogP contribution in [0.25, 0.3) is 0 Å². The van der Waals surface area contributed by atoms with Crippen LogP contribution >= 0.6 is 0 Å². The Bertz CT molecular complexity index is 661. The first-order valence-corrected chi connectivity index (χ1v) is 5.79. The minimum Gasteiger partial charge on any atom is -0.353 e. The molecule has 0 unspecified atom stereocenters. The van der Waals surface area contributed by atoms with E-state index in [1.54, 1.807) is 18.2 Å². The van der Waals surface area contributed by atoms with Gasteiger partial charge in [-0.15, -0.1) is 0 Å². The molecule has 104 valence electrons. The van der Waals surface area contributed by atoms with Crippen LogP contribution in [-0.2, 0) is 0 Å². The highest BCUT2D eigenvalue weighted by Crippen LogP contribution is 2.27. The van der Waals surface area contributed by atoms with Gasteiger partial charge in [-0.25, -0.2) is 4.39 Å². The lowest BCUT2D eigenvalue weighted by Crippen LogP contribution is -2.07. The van der Waals surface area contributed by atoms with Crippen LogP contribution < -0.4 is 16.6 Å². The molecule has 0 bridgehead atoms. The minimum absolute atomic E-state index is 0.143. The number of nitrogens with one attached hydrogen (secondary N) is 2. The van der Waals surface area contributed by atoms with E-state index in [0.717, 1.165) is 5.56 Å². The van der Waals surface area contributed by atoms with Crippen molar-refractivity contribution < 1.29 is 9.31 Å². The maximum absolute atomic E-state index is 13.7. The van der Waals surface area contributed by atoms with Crippen molar-refractivity contribution in [3.8, 4) is 0 Å². The number of hydrazine groups is 1. The molecule has 2 aromatic carbocycles. The molecular formula is C13H13FN4O2. The summed E-state index contributed by atoms with van der Waals surface area (Å²) >= 11 is 0. The first-order chi connectivity index (χ1) is 9.49. The number of nitrogens with two attached hydrogens (primary N) is 1. The summed E-state index contributed by atoms with van der Waals surface area (Å²) < 4.78 is 13.7. The summed E-state index contributed by atoms with van der Waals surface area (Å²) in [6.45, 7) is 1.82. The molecule has 0 fully saturated rings. The maximum atomic E-state index is 13.7. The standard InChI is InChI=1S/C13H13FN4O2/c1-8-2-3-12(14)13(4-8)16-9-5-10(17-15)7-11(6-9)18(19)20/h2-7,16-17H,15H2,1H3. The van der Waals surface area contributed by atoms with Gasteiger partial charge in [0.25, 0.3) is 5.69 Å². The fourth-order valence-electron chi connectivity index (χ4n) is 1.76. The highest BCUT2D eigenvalue weighted by molar-refractivity contribution is 5.69. The lowest BCUT2D eigenvalue weighted by atomic mass is 10.2. The lowest BCUT2D eigenvalue weighted by Gasteiger charge is -2.10. The Hall–Kier alpha value is -2.67. The quantitative estimate of drug-likeness (QED) is 0.453. The number of hydrogen-bond donors (Lipinski definition) is 3. The number of nitrogen functional groups attached to an aromatic ring is 1. The van der Waals surface area contributed by atoms with E-state index >= 15 is 0 Å². The summed E-state index contributed by atoms with van der Waals surface area (Å²) in [6, 6.07) is 8.73. The molecule has 0 spiro atoms. The molecule has 0 heterocycles. The SMILES string of the molecule is Cc1ccc(F)c(Nc2cc(NN)cc([N+](=O)[O-])c2)c1. The molecular weight excluding hydrogens is 263 g/mol. The number of nitro groups is 1. The molecule has 2 aromatic rings. The third kappa shape index (κ3) is 3.01. The Morgan fingerprint density at radius 1 is 1.20 bits per heavy atom. The predicted molar refractivity (Wildman–Crippen MR) is 75.3 cm³/mol. The molecule has 6 nitrogen and oxygen atoms in total. The van der Waals surface area contributed by atoms with Crippen LogP contribution in [0.2, 0.25) is 0 Å². The second-order valence-corrected chi connectivity index (χ2v) is 4.28. The third-order valence-corrected chi connectivity index (χ3v) is 2.70. The number of halogens is 1. The van der Waals surface area contributed by atoms with Gasteiger partial charge in [0.2, 0.25) is 0 Å². The molecule has 2 rings (SSSR count). The van der Waals surface area contributed by atoms with Crippen molar-refractivity contribution in [1.82, 2.24) is 0 Å². The van der Waals surface area contributed by atoms with Gasteiger partial charge in [0.05, 0.1) is 16.3 Å².